The number of pyridine rings is 1. The monoisotopic (exact) mass is 452 g/mol. The average Bonchev–Trinajstić information content (AvgIpc) is 3.29. The number of nitrogens with two attached hydrogens (primary N) is 1. The molecule has 0 unspecified atom stereocenters. The Bertz CT molecular complexity index is 1060. The molecule has 6 rings (SSSR count). The van der Waals surface area contributed by atoms with Gasteiger partial charge in [-0.2, -0.15) is 5.10 Å². The van der Waals surface area contributed by atoms with Gasteiger partial charge in [-0.3, -0.25) is 14.4 Å². The molecule has 2 aliphatic carbocycles. The van der Waals surface area contributed by atoms with Crippen LogP contribution < -0.4 is 5.73 Å². The van der Waals surface area contributed by atoms with Crippen LogP contribution in [0.4, 0.5) is 10.2 Å². The number of amides is 1. The van der Waals surface area contributed by atoms with Crippen LogP contribution in [0.25, 0.3) is 11.3 Å². The van der Waals surface area contributed by atoms with Crippen molar-refractivity contribution in [2.75, 3.05) is 31.9 Å². The third-order valence-electron chi connectivity index (χ3n) is 8.23. The number of halogens is 1. The van der Waals surface area contributed by atoms with E-state index in [1.54, 1.807) is 6.20 Å². The number of alkyl halides is 1. The number of nitrogen functional groups attached to an aromatic ring is 1. The quantitative estimate of drug-likeness (QED) is 0.751. The van der Waals surface area contributed by atoms with E-state index in [-0.39, 0.29) is 17.8 Å². The molecule has 2 saturated heterocycles. The van der Waals surface area contributed by atoms with Crippen LogP contribution in [0, 0.1) is 11.8 Å². The molecule has 0 radical (unpaired) electrons. The van der Waals surface area contributed by atoms with Gasteiger partial charge < -0.3 is 10.6 Å². The molecule has 0 bridgehead atoms. The van der Waals surface area contributed by atoms with Gasteiger partial charge in [0.2, 0.25) is 0 Å². The Morgan fingerprint density at radius 1 is 1.15 bits per heavy atom. The fraction of sp³-hybridized carbons (Fsp3) is 0.640. The molecule has 8 heteroatoms. The number of likely N-dealkylation sites (tertiary alicyclic amines) is 2. The van der Waals surface area contributed by atoms with Gasteiger partial charge in [0.1, 0.15) is 12.0 Å². The second-order valence-electron chi connectivity index (χ2n) is 10.7. The van der Waals surface area contributed by atoms with E-state index < -0.39 is 6.17 Å². The summed E-state index contributed by atoms with van der Waals surface area (Å²) in [6.07, 6.45) is 5.51. The highest BCUT2D eigenvalue weighted by Crippen LogP contribution is 2.64. The number of fused-ring (bicyclic) bond motifs is 1. The molecule has 2 aliphatic heterocycles. The Kier molecular flexibility index (Phi) is 4.98. The van der Waals surface area contributed by atoms with E-state index in [1.165, 1.54) is 18.5 Å². The lowest BCUT2D eigenvalue weighted by Gasteiger charge is -2.40. The van der Waals surface area contributed by atoms with Crippen LogP contribution in [-0.4, -0.2) is 68.9 Å². The summed E-state index contributed by atoms with van der Waals surface area (Å²) < 4.78 is 15.4. The van der Waals surface area contributed by atoms with E-state index >= 15 is 0 Å². The Labute approximate surface area is 194 Å². The summed E-state index contributed by atoms with van der Waals surface area (Å²) in [6.45, 7) is 7.11. The molecule has 7 nitrogen and oxygen atoms in total. The lowest BCUT2D eigenvalue weighted by Crippen LogP contribution is -2.53. The molecule has 2 aromatic heterocycles. The maximum Gasteiger partial charge on any atom is 0.257 e. The number of carbonyl (C=O) groups is 1. The maximum atomic E-state index is 13.3. The number of anilines is 1. The van der Waals surface area contributed by atoms with Crippen LogP contribution in [0.5, 0.6) is 0 Å². The van der Waals surface area contributed by atoms with E-state index in [0.717, 1.165) is 37.2 Å². The van der Waals surface area contributed by atoms with Crippen LogP contribution in [0.3, 0.4) is 0 Å². The van der Waals surface area contributed by atoms with Crippen molar-refractivity contribution >= 4 is 11.7 Å². The van der Waals surface area contributed by atoms with Gasteiger partial charge in [0.05, 0.1) is 11.3 Å². The minimum Gasteiger partial charge on any atom is -0.383 e. The fourth-order valence-corrected chi connectivity index (χ4v) is 6.39. The van der Waals surface area contributed by atoms with Gasteiger partial charge in [0.25, 0.3) is 5.91 Å². The Morgan fingerprint density at radius 3 is 2.48 bits per heavy atom. The van der Waals surface area contributed by atoms with Crippen LogP contribution in [0.15, 0.2) is 18.3 Å². The lowest BCUT2D eigenvalue weighted by molar-refractivity contribution is 0.0247. The van der Waals surface area contributed by atoms with E-state index in [4.69, 9.17) is 10.8 Å². The van der Waals surface area contributed by atoms with Gasteiger partial charge in [0, 0.05) is 61.6 Å². The standard InChI is InChI=1S/C25H33FN6O/c1-14(2)32-22(23-18-8-17(9-19(18)23)31-12-16(26)13-31)10-21(29-32)15-7-20(24(27)28-11-15)25(33)30-5-3-4-6-30/h7,10-11,14,16-19,23H,3-6,8-9,12-13H2,1-2H3,(H2,27,28)/t17-,18-,19+,23+. The molecule has 0 spiro atoms. The minimum absolute atomic E-state index is 0.0351. The molecular weight excluding hydrogens is 419 g/mol. The van der Waals surface area contributed by atoms with Gasteiger partial charge in [-0.05, 0) is 63.5 Å². The van der Waals surface area contributed by atoms with Crippen molar-refractivity contribution in [2.45, 2.75) is 63.7 Å². The summed E-state index contributed by atoms with van der Waals surface area (Å²) in [7, 11) is 0. The molecule has 4 aliphatic rings. The van der Waals surface area contributed by atoms with Gasteiger partial charge >= 0.3 is 0 Å². The van der Waals surface area contributed by atoms with Crippen molar-refractivity contribution in [2.24, 2.45) is 11.8 Å². The van der Waals surface area contributed by atoms with Crippen LogP contribution in [0.2, 0.25) is 0 Å². The minimum atomic E-state index is -0.626. The third-order valence-corrected chi connectivity index (χ3v) is 8.23. The van der Waals surface area contributed by atoms with Crippen molar-refractivity contribution in [3.63, 3.8) is 0 Å². The van der Waals surface area contributed by atoms with Crippen LogP contribution in [0.1, 0.15) is 67.5 Å². The van der Waals surface area contributed by atoms with Crippen molar-refractivity contribution < 1.29 is 9.18 Å². The summed E-state index contributed by atoms with van der Waals surface area (Å²) in [4.78, 5) is 21.5. The highest BCUT2D eigenvalue weighted by molar-refractivity contribution is 5.99. The maximum absolute atomic E-state index is 13.3. The molecule has 2 N–H and O–H groups in total. The predicted octanol–water partition coefficient (Wildman–Crippen LogP) is 3.49. The SMILES string of the molecule is CC(C)n1nc(-c2cnc(N)c(C(=O)N3CCCC3)c2)cc1[C@H]1[C@@H]2C[C@@H](N3CC(F)C3)C[C@@H]21. The first-order chi connectivity index (χ1) is 15.9. The first-order valence-electron chi connectivity index (χ1n) is 12.4. The molecule has 4 atom stereocenters. The van der Waals surface area contributed by atoms with E-state index in [0.29, 0.717) is 42.4 Å². The van der Waals surface area contributed by atoms with Gasteiger partial charge in [-0.15, -0.1) is 0 Å². The molecule has 0 aromatic carbocycles. The zero-order valence-electron chi connectivity index (χ0n) is 19.5. The number of hydrogen-bond acceptors (Lipinski definition) is 5. The molecule has 1 amide bonds. The predicted molar refractivity (Wildman–Crippen MR) is 125 cm³/mol. The normalized spacial score (nSPS) is 29.5. The number of carbonyl (C=O) groups excluding carboxylic acids is 1. The van der Waals surface area contributed by atoms with E-state index in [9.17, 15) is 9.18 Å². The largest absolute Gasteiger partial charge is 0.383 e. The van der Waals surface area contributed by atoms with E-state index in [1.807, 2.05) is 11.0 Å². The van der Waals surface area contributed by atoms with Crippen molar-refractivity contribution in [3.8, 4) is 11.3 Å². The van der Waals surface area contributed by atoms with Gasteiger partial charge in [0.15, 0.2) is 0 Å². The summed E-state index contributed by atoms with van der Waals surface area (Å²) >= 11 is 0. The molecule has 33 heavy (non-hydrogen) atoms. The first kappa shape index (κ1) is 21.1. The van der Waals surface area contributed by atoms with Crippen LogP contribution >= 0.6 is 0 Å². The van der Waals surface area contributed by atoms with Crippen molar-refractivity contribution in [1.82, 2.24) is 24.6 Å². The Hall–Kier alpha value is -2.48. The summed E-state index contributed by atoms with van der Waals surface area (Å²) in [5, 5.41) is 4.94. The van der Waals surface area contributed by atoms with Crippen molar-refractivity contribution in [3.05, 3.63) is 29.6 Å². The highest BCUT2D eigenvalue weighted by atomic mass is 19.1. The molecule has 176 valence electrons. The topological polar surface area (TPSA) is 80.3 Å². The second kappa shape index (κ2) is 7.79. The third kappa shape index (κ3) is 3.54. The van der Waals surface area contributed by atoms with E-state index in [2.05, 4.69) is 34.5 Å². The second-order valence-corrected chi connectivity index (χ2v) is 10.7. The zero-order chi connectivity index (χ0) is 22.9. The number of hydrogen-bond donors (Lipinski definition) is 1. The molecule has 4 heterocycles. The number of rotatable bonds is 5. The Balaban J connectivity index is 1.24. The zero-order valence-corrected chi connectivity index (χ0v) is 19.5. The fourth-order valence-electron chi connectivity index (χ4n) is 6.39. The molecular formula is C25H33FN6O. The molecule has 2 saturated carbocycles. The molecule has 4 fully saturated rings. The van der Waals surface area contributed by atoms with Gasteiger partial charge in [-0.1, -0.05) is 0 Å². The van der Waals surface area contributed by atoms with Crippen molar-refractivity contribution in [1.29, 1.82) is 0 Å². The average molecular weight is 453 g/mol. The number of aromatic nitrogens is 3. The summed E-state index contributed by atoms with van der Waals surface area (Å²) in [6, 6.07) is 4.86. The summed E-state index contributed by atoms with van der Waals surface area (Å²) in [5.74, 6) is 2.12. The van der Waals surface area contributed by atoms with Gasteiger partial charge in [-0.25, -0.2) is 9.37 Å². The van der Waals surface area contributed by atoms with Crippen LogP contribution in [-0.2, 0) is 0 Å². The number of nitrogens with zero attached hydrogens (tertiary/aromatic N) is 5. The smallest absolute Gasteiger partial charge is 0.257 e. The highest BCUT2D eigenvalue weighted by Gasteiger charge is 2.59. The Morgan fingerprint density at radius 2 is 1.85 bits per heavy atom. The molecule has 2 aromatic rings. The lowest BCUT2D eigenvalue weighted by atomic mass is 9.99. The first-order valence-corrected chi connectivity index (χ1v) is 12.4. The summed E-state index contributed by atoms with van der Waals surface area (Å²) in [5.41, 5.74) is 9.54.